The lowest BCUT2D eigenvalue weighted by molar-refractivity contribution is 0.197. The second-order valence-electron chi connectivity index (χ2n) is 5.03. The van der Waals surface area contributed by atoms with Crippen LogP contribution in [-0.2, 0) is 6.54 Å². The number of hydrogen-bond acceptors (Lipinski definition) is 6. The number of furan rings is 1. The zero-order chi connectivity index (χ0) is 13.2. The number of likely N-dealkylation sites (N-methyl/N-ethyl adjacent to an activating group) is 1. The number of nitrogens with two attached hydrogens (primary N) is 1. The molecule has 0 aliphatic heterocycles. The monoisotopic (exact) mass is 262 g/mol. The molecule has 2 aromatic heterocycles. The van der Waals surface area contributed by atoms with Crippen LogP contribution in [0.4, 0.5) is 0 Å². The van der Waals surface area contributed by atoms with Gasteiger partial charge in [0.15, 0.2) is 5.76 Å². The Morgan fingerprint density at radius 1 is 1.47 bits per heavy atom. The Bertz CT molecular complexity index is 518. The van der Waals surface area contributed by atoms with Crippen molar-refractivity contribution in [3.8, 4) is 11.7 Å². The molecule has 1 saturated carbocycles. The smallest absolute Gasteiger partial charge is 0.283 e. The molecule has 2 aromatic rings. The molecule has 3 rings (SSSR count). The second kappa shape index (κ2) is 5.14. The van der Waals surface area contributed by atoms with Gasteiger partial charge in [-0.25, -0.2) is 0 Å². The van der Waals surface area contributed by atoms with Crippen molar-refractivity contribution in [1.29, 1.82) is 0 Å². The van der Waals surface area contributed by atoms with Gasteiger partial charge in [-0.2, -0.15) is 0 Å². The third-order valence-electron chi connectivity index (χ3n) is 3.56. The van der Waals surface area contributed by atoms with E-state index in [2.05, 4.69) is 15.1 Å². The summed E-state index contributed by atoms with van der Waals surface area (Å²) >= 11 is 0. The van der Waals surface area contributed by atoms with Gasteiger partial charge in [0.05, 0.1) is 12.8 Å². The molecule has 1 aliphatic carbocycles. The first kappa shape index (κ1) is 12.4. The summed E-state index contributed by atoms with van der Waals surface area (Å²) in [4.78, 5) is 2.19. The van der Waals surface area contributed by atoms with Crippen LogP contribution in [0.2, 0.25) is 0 Å². The van der Waals surface area contributed by atoms with Gasteiger partial charge in [-0.3, -0.25) is 4.90 Å². The van der Waals surface area contributed by atoms with Crippen LogP contribution in [0.1, 0.15) is 18.7 Å². The Balaban J connectivity index is 1.66. The standard InChI is InChI=1S/C13H18N4O2/c1-17(10(7-14)9-4-5-9)8-12-15-16-13(19-12)11-3-2-6-18-11/h2-3,6,9-10H,4-5,7-8,14H2,1H3. The predicted molar refractivity (Wildman–Crippen MR) is 69.0 cm³/mol. The molecule has 2 heterocycles. The molecule has 0 saturated heterocycles. The van der Waals surface area contributed by atoms with Gasteiger partial charge < -0.3 is 14.6 Å². The number of hydrogen-bond donors (Lipinski definition) is 1. The van der Waals surface area contributed by atoms with E-state index in [1.807, 2.05) is 7.05 Å². The molecule has 1 aliphatic rings. The molecule has 0 bridgehead atoms. The van der Waals surface area contributed by atoms with Crippen LogP contribution in [0.3, 0.4) is 0 Å². The van der Waals surface area contributed by atoms with Crippen molar-refractivity contribution in [3.05, 3.63) is 24.3 Å². The summed E-state index contributed by atoms with van der Waals surface area (Å²) in [6.07, 6.45) is 4.13. The first-order valence-electron chi connectivity index (χ1n) is 6.54. The van der Waals surface area contributed by atoms with E-state index < -0.39 is 0 Å². The summed E-state index contributed by atoms with van der Waals surface area (Å²) in [5.74, 6) is 2.33. The molecule has 0 radical (unpaired) electrons. The van der Waals surface area contributed by atoms with Crippen LogP contribution in [0.15, 0.2) is 27.2 Å². The van der Waals surface area contributed by atoms with E-state index in [4.69, 9.17) is 14.6 Å². The largest absolute Gasteiger partial charge is 0.459 e. The summed E-state index contributed by atoms with van der Waals surface area (Å²) in [5.41, 5.74) is 5.83. The number of aromatic nitrogens is 2. The average Bonchev–Trinajstić information content (AvgIpc) is 2.93. The van der Waals surface area contributed by atoms with E-state index in [1.165, 1.54) is 12.8 Å². The van der Waals surface area contributed by atoms with Crippen molar-refractivity contribution in [3.63, 3.8) is 0 Å². The molecular formula is C13H18N4O2. The minimum atomic E-state index is 0.402. The van der Waals surface area contributed by atoms with Crippen LogP contribution in [-0.4, -0.2) is 34.7 Å². The fourth-order valence-electron chi connectivity index (χ4n) is 2.36. The van der Waals surface area contributed by atoms with Gasteiger partial charge in [-0.05, 0) is 37.9 Å². The minimum absolute atomic E-state index is 0.402. The first-order chi connectivity index (χ1) is 9.28. The second-order valence-corrected chi connectivity index (χ2v) is 5.03. The third kappa shape index (κ3) is 2.69. The zero-order valence-corrected chi connectivity index (χ0v) is 11.0. The van der Waals surface area contributed by atoms with Gasteiger partial charge in [0.1, 0.15) is 0 Å². The molecule has 0 amide bonds. The van der Waals surface area contributed by atoms with Gasteiger partial charge >= 0.3 is 0 Å². The third-order valence-corrected chi connectivity index (χ3v) is 3.56. The van der Waals surface area contributed by atoms with Gasteiger partial charge in [-0.1, -0.05) is 0 Å². The average molecular weight is 262 g/mol. The Labute approximate surface area is 111 Å². The van der Waals surface area contributed by atoms with Gasteiger partial charge in [0.2, 0.25) is 5.89 Å². The van der Waals surface area contributed by atoms with Crippen LogP contribution in [0.25, 0.3) is 11.7 Å². The predicted octanol–water partition coefficient (Wildman–Crippen LogP) is 1.50. The van der Waals surface area contributed by atoms with Crippen molar-refractivity contribution in [1.82, 2.24) is 15.1 Å². The molecule has 6 heteroatoms. The molecule has 1 fully saturated rings. The Morgan fingerprint density at radius 2 is 2.32 bits per heavy atom. The fraction of sp³-hybridized carbons (Fsp3) is 0.538. The molecular weight excluding hydrogens is 244 g/mol. The Hall–Kier alpha value is -1.66. The summed E-state index contributed by atoms with van der Waals surface area (Å²) in [6, 6.07) is 4.00. The summed E-state index contributed by atoms with van der Waals surface area (Å²) in [7, 11) is 2.05. The van der Waals surface area contributed by atoms with Gasteiger partial charge in [0, 0.05) is 12.6 Å². The molecule has 1 unspecified atom stereocenters. The van der Waals surface area contributed by atoms with Crippen LogP contribution >= 0.6 is 0 Å². The topological polar surface area (TPSA) is 81.3 Å². The highest BCUT2D eigenvalue weighted by molar-refractivity contribution is 5.42. The SMILES string of the molecule is CN(Cc1nnc(-c2ccco2)o1)C(CN)C1CC1. The number of nitrogens with zero attached hydrogens (tertiary/aromatic N) is 3. The molecule has 6 nitrogen and oxygen atoms in total. The fourth-order valence-corrected chi connectivity index (χ4v) is 2.36. The van der Waals surface area contributed by atoms with Crippen molar-refractivity contribution < 1.29 is 8.83 Å². The molecule has 0 aromatic carbocycles. The lowest BCUT2D eigenvalue weighted by Crippen LogP contribution is -2.39. The lowest BCUT2D eigenvalue weighted by atomic mass is 10.1. The van der Waals surface area contributed by atoms with E-state index in [0.29, 0.717) is 36.7 Å². The zero-order valence-electron chi connectivity index (χ0n) is 11.0. The van der Waals surface area contributed by atoms with E-state index in [1.54, 1.807) is 18.4 Å². The normalized spacial score (nSPS) is 17.0. The molecule has 1 atom stereocenters. The lowest BCUT2D eigenvalue weighted by Gasteiger charge is -2.25. The molecule has 19 heavy (non-hydrogen) atoms. The number of rotatable bonds is 6. The molecule has 2 N–H and O–H groups in total. The molecule has 0 spiro atoms. The maximum Gasteiger partial charge on any atom is 0.283 e. The maximum atomic E-state index is 5.83. The highest BCUT2D eigenvalue weighted by Crippen LogP contribution is 2.34. The van der Waals surface area contributed by atoms with E-state index >= 15 is 0 Å². The summed E-state index contributed by atoms with van der Waals surface area (Å²) in [6.45, 7) is 1.28. The quantitative estimate of drug-likeness (QED) is 0.849. The molecule has 102 valence electrons. The minimum Gasteiger partial charge on any atom is -0.459 e. The van der Waals surface area contributed by atoms with E-state index in [0.717, 1.165) is 5.92 Å². The van der Waals surface area contributed by atoms with Crippen molar-refractivity contribution in [2.45, 2.75) is 25.4 Å². The van der Waals surface area contributed by atoms with Crippen molar-refractivity contribution in [2.24, 2.45) is 11.7 Å². The van der Waals surface area contributed by atoms with Crippen molar-refractivity contribution in [2.75, 3.05) is 13.6 Å². The summed E-state index contributed by atoms with van der Waals surface area (Å²) in [5, 5.41) is 8.04. The van der Waals surface area contributed by atoms with Crippen LogP contribution < -0.4 is 5.73 Å². The van der Waals surface area contributed by atoms with E-state index in [-0.39, 0.29) is 0 Å². The van der Waals surface area contributed by atoms with Crippen LogP contribution in [0, 0.1) is 5.92 Å². The van der Waals surface area contributed by atoms with Crippen LogP contribution in [0.5, 0.6) is 0 Å². The van der Waals surface area contributed by atoms with E-state index in [9.17, 15) is 0 Å². The van der Waals surface area contributed by atoms with Crippen molar-refractivity contribution >= 4 is 0 Å². The van der Waals surface area contributed by atoms with Gasteiger partial charge in [0.25, 0.3) is 5.89 Å². The summed E-state index contributed by atoms with van der Waals surface area (Å²) < 4.78 is 10.8. The highest BCUT2D eigenvalue weighted by Gasteiger charge is 2.33. The highest BCUT2D eigenvalue weighted by atomic mass is 16.4. The maximum absolute atomic E-state index is 5.83. The first-order valence-corrected chi connectivity index (χ1v) is 6.54. The Kier molecular flexibility index (Phi) is 3.35. The van der Waals surface area contributed by atoms with Gasteiger partial charge in [-0.15, -0.1) is 10.2 Å². The Morgan fingerprint density at radius 3 is 2.95 bits per heavy atom.